The maximum absolute atomic E-state index is 12.9. The summed E-state index contributed by atoms with van der Waals surface area (Å²) in [6.45, 7) is 4.91. The Bertz CT molecular complexity index is 828. The second-order valence-corrected chi connectivity index (χ2v) is 8.72. The zero-order valence-electron chi connectivity index (χ0n) is 15.7. The lowest BCUT2D eigenvalue weighted by molar-refractivity contribution is 0.0601. The molecule has 0 spiro atoms. The molecule has 1 aliphatic rings. The van der Waals surface area contributed by atoms with Gasteiger partial charge in [0.1, 0.15) is 5.69 Å². The second-order valence-electron chi connectivity index (χ2n) is 6.89. The quantitative estimate of drug-likeness (QED) is 0.522. The normalized spacial score (nSPS) is 17.2. The lowest BCUT2D eigenvalue weighted by Gasteiger charge is -2.35. The van der Waals surface area contributed by atoms with Crippen molar-refractivity contribution in [1.29, 1.82) is 0 Å². The summed E-state index contributed by atoms with van der Waals surface area (Å²) in [4.78, 5) is 20.5. The molecule has 2 aromatic rings. The molecule has 1 fully saturated rings. The van der Waals surface area contributed by atoms with E-state index in [0.29, 0.717) is 27.5 Å². The van der Waals surface area contributed by atoms with E-state index in [1.807, 2.05) is 42.2 Å². The zero-order chi connectivity index (χ0) is 19.4. The van der Waals surface area contributed by atoms with E-state index in [1.165, 1.54) is 6.42 Å². The number of hydrogen-bond donors (Lipinski definition) is 0. The SMILES string of the molecule is CCC1CCCCN1C(=O)c1cccc(CSc2cc(Cl)c(C)cc2Cl)n1. The zero-order valence-corrected chi connectivity index (χ0v) is 18.0. The Morgan fingerprint density at radius 1 is 1.26 bits per heavy atom. The number of thioether (sulfide) groups is 1. The van der Waals surface area contributed by atoms with Gasteiger partial charge in [0, 0.05) is 28.3 Å². The largest absolute Gasteiger partial charge is 0.334 e. The third-order valence-electron chi connectivity index (χ3n) is 4.97. The third kappa shape index (κ3) is 4.98. The first kappa shape index (κ1) is 20.5. The molecular weight excluding hydrogens is 399 g/mol. The van der Waals surface area contributed by atoms with Gasteiger partial charge in [0.2, 0.25) is 0 Å². The average Bonchev–Trinajstić information content (AvgIpc) is 2.69. The molecule has 1 aliphatic heterocycles. The summed E-state index contributed by atoms with van der Waals surface area (Å²) in [5.74, 6) is 0.682. The highest BCUT2D eigenvalue weighted by Gasteiger charge is 2.26. The molecule has 0 aliphatic carbocycles. The van der Waals surface area contributed by atoms with Crippen molar-refractivity contribution in [1.82, 2.24) is 9.88 Å². The molecule has 0 saturated carbocycles. The molecule has 1 saturated heterocycles. The number of carbonyl (C=O) groups is 1. The van der Waals surface area contributed by atoms with Crippen molar-refractivity contribution in [3.05, 3.63) is 57.3 Å². The monoisotopic (exact) mass is 422 g/mol. The summed E-state index contributed by atoms with van der Waals surface area (Å²) < 4.78 is 0. The van der Waals surface area contributed by atoms with E-state index in [9.17, 15) is 4.79 Å². The number of amides is 1. The van der Waals surface area contributed by atoms with Crippen LogP contribution in [0.25, 0.3) is 0 Å². The van der Waals surface area contributed by atoms with E-state index in [2.05, 4.69) is 11.9 Å². The first-order chi connectivity index (χ1) is 13.0. The van der Waals surface area contributed by atoms with E-state index >= 15 is 0 Å². The second kappa shape index (κ2) is 9.31. The van der Waals surface area contributed by atoms with Gasteiger partial charge in [0.25, 0.3) is 5.91 Å². The molecule has 0 bridgehead atoms. The number of aromatic nitrogens is 1. The summed E-state index contributed by atoms with van der Waals surface area (Å²) in [7, 11) is 0. The molecule has 2 heterocycles. The van der Waals surface area contributed by atoms with Gasteiger partial charge in [-0.1, -0.05) is 36.2 Å². The van der Waals surface area contributed by atoms with Gasteiger partial charge in [-0.25, -0.2) is 4.98 Å². The maximum Gasteiger partial charge on any atom is 0.272 e. The topological polar surface area (TPSA) is 33.2 Å². The fourth-order valence-electron chi connectivity index (χ4n) is 3.41. The van der Waals surface area contributed by atoms with Crippen LogP contribution < -0.4 is 0 Å². The summed E-state index contributed by atoms with van der Waals surface area (Å²) in [5, 5.41) is 1.39. The highest BCUT2D eigenvalue weighted by molar-refractivity contribution is 7.98. The van der Waals surface area contributed by atoms with Gasteiger partial charge < -0.3 is 4.90 Å². The molecule has 1 atom stereocenters. The van der Waals surface area contributed by atoms with Gasteiger partial charge in [0.15, 0.2) is 0 Å². The summed E-state index contributed by atoms with van der Waals surface area (Å²) >= 11 is 14.1. The van der Waals surface area contributed by atoms with Crippen LogP contribution in [0.4, 0.5) is 0 Å². The van der Waals surface area contributed by atoms with Crippen molar-refractivity contribution in [3.63, 3.8) is 0 Å². The standard InChI is InChI=1S/C21H24Cl2N2OS/c1-3-16-8-4-5-10-25(16)21(26)19-9-6-7-15(24-19)13-27-20-12-17(22)14(2)11-18(20)23/h6-7,9,11-12,16H,3-5,8,10,13H2,1-2H3. The predicted molar refractivity (Wildman–Crippen MR) is 114 cm³/mol. The van der Waals surface area contributed by atoms with E-state index in [4.69, 9.17) is 23.2 Å². The van der Waals surface area contributed by atoms with Crippen molar-refractivity contribution in [2.45, 2.75) is 56.2 Å². The number of pyridine rings is 1. The first-order valence-corrected chi connectivity index (χ1v) is 11.1. The van der Waals surface area contributed by atoms with Crippen LogP contribution in [0.2, 0.25) is 10.0 Å². The van der Waals surface area contributed by atoms with Crippen molar-refractivity contribution < 1.29 is 4.79 Å². The van der Waals surface area contributed by atoms with Crippen LogP contribution >= 0.6 is 35.0 Å². The highest BCUT2D eigenvalue weighted by Crippen LogP contribution is 2.33. The van der Waals surface area contributed by atoms with E-state index in [0.717, 1.165) is 42.0 Å². The molecule has 6 heteroatoms. The molecule has 0 radical (unpaired) electrons. The van der Waals surface area contributed by atoms with Gasteiger partial charge in [-0.15, -0.1) is 11.8 Å². The van der Waals surface area contributed by atoms with Crippen LogP contribution in [0.1, 0.15) is 54.4 Å². The lowest BCUT2D eigenvalue weighted by atomic mass is 9.99. The number of aryl methyl sites for hydroxylation is 1. The summed E-state index contributed by atoms with van der Waals surface area (Å²) in [6.07, 6.45) is 4.36. The molecule has 3 nitrogen and oxygen atoms in total. The minimum Gasteiger partial charge on any atom is -0.334 e. The summed E-state index contributed by atoms with van der Waals surface area (Å²) in [5.41, 5.74) is 2.36. The fourth-order valence-corrected chi connectivity index (χ4v) is 4.88. The average molecular weight is 423 g/mol. The van der Waals surface area contributed by atoms with Crippen molar-refractivity contribution in [2.75, 3.05) is 6.54 Å². The number of piperidine rings is 1. The van der Waals surface area contributed by atoms with E-state index in [-0.39, 0.29) is 5.91 Å². The Kier molecular flexibility index (Phi) is 7.07. The number of carbonyl (C=O) groups excluding carboxylic acids is 1. The van der Waals surface area contributed by atoms with Gasteiger partial charge in [-0.05, 0) is 62.4 Å². The highest BCUT2D eigenvalue weighted by atomic mass is 35.5. The first-order valence-electron chi connectivity index (χ1n) is 9.35. The van der Waals surface area contributed by atoms with Gasteiger partial charge in [-0.3, -0.25) is 4.79 Å². The van der Waals surface area contributed by atoms with Crippen LogP contribution in [0.3, 0.4) is 0 Å². The van der Waals surface area contributed by atoms with Gasteiger partial charge in [-0.2, -0.15) is 0 Å². The Labute approximate surface area is 175 Å². The van der Waals surface area contributed by atoms with Crippen LogP contribution in [-0.2, 0) is 5.75 Å². The third-order valence-corrected chi connectivity index (χ3v) is 6.89. The molecule has 144 valence electrons. The number of rotatable bonds is 5. The fraction of sp³-hybridized carbons (Fsp3) is 0.429. The lowest BCUT2D eigenvalue weighted by Crippen LogP contribution is -2.43. The minimum atomic E-state index is 0.0461. The minimum absolute atomic E-state index is 0.0461. The Morgan fingerprint density at radius 3 is 2.85 bits per heavy atom. The van der Waals surface area contributed by atoms with Gasteiger partial charge >= 0.3 is 0 Å². The molecular formula is C21H24Cl2N2OS. The van der Waals surface area contributed by atoms with Crippen LogP contribution in [0, 0.1) is 6.92 Å². The number of benzene rings is 1. The molecule has 27 heavy (non-hydrogen) atoms. The molecule has 1 aromatic carbocycles. The van der Waals surface area contributed by atoms with Crippen molar-refractivity contribution in [2.24, 2.45) is 0 Å². The number of halogens is 2. The van der Waals surface area contributed by atoms with Crippen LogP contribution in [0.15, 0.2) is 35.2 Å². The summed E-state index contributed by atoms with van der Waals surface area (Å²) in [6, 6.07) is 9.76. The van der Waals surface area contributed by atoms with Crippen LogP contribution in [0.5, 0.6) is 0 Å². The maximum atomic E-state index is 12.9. The Hall–Kier alpha value is -1.23. The van der Waals surface area contributed by atoms with Crippen molar-refractivity contribution >= 4 is 40.9 Å². The van der Waals surface area contributed by atoms with Crippen LogP contribution in [-0.4, -0.2) is 28.4 Å². The molecule has 3 rings (SSSR count). The number of nitrogens with zero attached hydrogens (tertiary/aromatic N) is 2. The van der Waals surface area contributed by atoms with E-state index in [1.54, 1.807) is 11.8 Å². The Morgan fingerprint density at radius 2 is 2.07 bits per heavy atom. The molecule has 0 N–H and O–H groups in total. The van der Waals surface area contributed by atoms with E-state index < -0.39 is 0 Å². The van der Waals surface area contributed by atoms with Gasteiger partial charge in [0.05, 0.1) is 10.7 Å². The number of likely N-dealkylation sites (tertiary alicyclic amines) is 1. The Balaban J connectivity index is 1.72. The number of hydrogen-bond acceptors (Lipinski definition) is 3. The molecule has 1 amide bonds. The van der Waals surface area contributed by atoms with Crippen molar-refractivity contribution in [3.8, 4) is 0 Å². The molecule has 1 unspecified atom stereocenters. The predicted octanol–water partition coefficient (Wildman–Crippen LogP) is 6.39. The molecule has 1 aromatic heterocycles. The smallest absolute Gasteiger partial charge is 0.272 e.